The molecular weight excluding hydrogens is 188 g/mol. The Bertz CT molecular complexity index is 30.5. The minimum atomic E-state index is 0. The molecule has 0 fully saturated rings. The van der Waals surface area contributed by atoms with Crippen LogP contribution in [0.3, 0.4) is 0 Å². The van der Waals surface area contributed by atoms with Gasteiger partial charge in [-0.1, -0.05) is 15.9 Å². The number of hydrogen-bond acceptors (Lipinski definition) is 0. The first-order chi connectivity index (χ1) is 2.91. The van der Waals surface area contributed by atoms with Crippen molar-refractivity contribution in [3.8, 4) is 0 Å². The second-order valence-corrected chi connectivity index (χ2v) is 2.26. The molecule has 0 heterocycles. The summed E-state index contributed by atoms with van der Waals surface area (Å²) in [6.07, 6.45) is 2.33. The summed E-state index contributed by atoms with van der Waals surface area (Å²) in [6, 6.07) is 0. The average Bonchev–Trinajstić information content (AvgIpc) is 1.61. The van der Waals surface area contributed by atoms with Gasteiger partial charge in [-0.05, 0) is 12.8 Å². The quantitative estimate of drug-likeness (QED) is 0.370. The molecule has 3 heteroatoms. The molecule has 0 radical (unpaired) electrons. The van der Waals surface area contributed by atoms with Crippen molar-refractivity contribution in [2.75, 3.05) is 11.2 Å². The number of alkyl halides is 2. The van der Waals surface area contributed by atoms with Crippen LogP contribution in [-0.2, 0) is 0 Å². The van der Waals surface area contributed by atoms with Gasteiger partial charge in [-0.3, -0.25) is 0 Å². The van der Waals surface area contributed by atoms with Gasteiger partial charge in [0.2, 0.25) is 0 Å². The molecule has 0 bridgehead atoms. The van der Waals surface area contributed by atoms with E-state index in [-0.39, 0.29) is 25.9 Å². The zero-order valence-corrected chi connectivity index (χ0v) is 8.05. The predicted molar refractivity (Wildman–Crippen MR) is 41.7 cm³/mol. The van der Waals surface area contributed by atoms with Crippen LogP contribution in [0.1, 0.15) is 15.7 Å². The van der Waals surface area contributed by atoms with Crippen LogP contribution in [0, 0.1) is 0 Å². The molecule has 0 nitrogen and oxygen atoms in total. The molecule has 0 N–H and O–H groups in total. The van der Waals surface area contributed by atoms with E-state index in [0.717, 1.165) is 17.6 Å². The minimum Gasteiger partial charge on any atom is -1.00 e. The van der Waals surface area contributed by atoms with Crippen LogP contribution >= 0.6 is 27.5 Å². The van der Waals surface area contributed by atoms with Gasteiger partial charge in [0.25, 0.3) is 0 Å². The third-order valence-electron chi connectivity index (χ3n) is 0.517. The van der Waals surface area contributed by atoms with Gasteiger partial charge in [0.05, 0.1) is 0 Å². The van der Waals surface area contributed by atoms with Crippen molar-refractivity contribution in [3.05, 3.63) is 0 Å². The largest absolute Gasteiger partial charge is 2.00 e. The minimum absolute atomic E-state index is 0. The number of rotatable bonds is 3. The third kappa shape index (κ3) is 11.2. The van der Waals surface area contributed by atoms with Crippen LogP contribution in [-0.4, -0.2) is 34.3 Å². The van der Waals surface area contributed by atoms with Crippen molar-refractivity contribution in [2.24, 2.45) is 0 Å². The van der Waals surface area contributed by atoms with Crippen molar-refractivity contribution in [1.29, 1.82) is 0 Å². The van der Waals surface area contributed by atoms with Crippen LogP contribution < -0.4 is 0 Å². The van der Waals surface area contributed by atoms with Crippen molar-refractivity contribution < 1.29 is 2.85 Å². The standard InChI is InChI=1S/C4H8BrCl.Mg.2H/c5-3-1-2-4-6;;;/h1-4H2;;;/q;+2;2*-1. The maximum atomic E-state index is 5.36. The van der Waals surface area contributed by atoms with Crippen LogP contribution in [0.4, 0.5) is 0 Å². The van der Waals surface area contributed by atoms with Gasteiger partial charge >= 0.3 is 23.1 Å². The zero-order valence-electron chi connectivity index (χ0n) is 6.29. The summed E-state index contributed by atoms with van der Waals surface area (Å²) in [4.78, 5) is 0. The fourth-order valence-electron chi connectivity index (χ4n) is 0.189. The molecule has 0 unspecified atom stereocenters. The topological polar surface area (TPSA) is 0 Å². The maximum Gasteiger partial charge on any atom is 2.00 e. The Morgan fingerprint density at radius 3 is 2.14 bits per heavy atom. The molecule has 0 spiro atoms. The van der Waals surface area contributed by atoms with E-state index >= 15 is 0 Å². The van der Waals surface area contributed by atoms with Crippen LogP contribution in [0.25, 0.3) is 0 Å². The molecule has 0 aromatic carbocycles. The Balaban J connectivity index is -0.0000000417. The second-order valence-electron chi connectivity index (χ2n) is 1.09. The van der Waals surface area contributed by atoms with Crippen molar-refractivity contribution in [2.45, 2.75) is 12.8 Å². The van der Waals surface area contributed by atoms with Crippen molar-refractivity contribution in [3.63, 3.8) is 0 Å². The zero-order chi connectivity index (χ0) is 4.83. The predicted octanol–water partition coefficient (Wildman–Crippen LogP) is 2.24. The van der Waals surface area contributed by atoms with E-state index in [1.54, 1.807) is 0 Å². The normalized spacial score (nSPS) is 7.71. The number of unbranched alkanes of at least 4 members (excludes halogenated alkanes) is 1. The SMILES string of the molecule is ClCCCCBr.[H-].[H-].[Mg+2]. The summed E-state index contributed by atoms with van der Waals surface area (Å²) in [5.74, 6) is 0.797. The Labute approximate surface area is 77.2 Å². The molecule has 0 atom stereocenters. The van der Waals surface area contributed by atoms with Crippen LogP contribution in [0.2, 0.25) is 0 Å². The van der Waals surface area contributed by atoms with E-state index < -0.39 is 0 Å². The van der Waals surface area contributed by atoms with E-state index in [2.05, 4.69) is 15.9 Å². The summed E-state index contributed by atoms with van der Waals surface area (Å²) in [5.41, 5.74) is 0. The van der Waals surface area contributed by atoms with Gasteiger partial charge in [0.15, 0.2) is 0 Å². The Kier molecular flexibility index (Phi) is 17.0. The molecule has 0 rings (SSSR count). The summed E-state index contributed by atoms with van der Waals surface area (Å²) in [6.45, 7) is 0. The molecule has 0 aliphatic rings. The molecule has 7 heavy (non-hydrogen) atoms. The number of halogens is 2. The average molecular weight is 198 g/mol. The summed E-state index contributed by atoms with van der Waals surface area (Å²) < 4.78 is 0. The molecule has 0 aliphatic heterocycles. The summed E-state index contributed by atoms with van der Waals surface area (Å²) >= 11 is 8.65. The van der Waals surface area contributed by atoms with E-state index in [4.69, 9.17) is 11.6 Å². The Morgan fingerprint density at radius 2 is 2.00 bits per heavy atom. The molecule has 0 amide bonds. The van der Waals surface area contributed by atoms with Gasteiger partial charge in [-0.2, -0.15) is 0 Å². The second kappa shape index (κ2) is 10.5. The molecule has 0 saturated heterocycles. The summed E-state index contributed by atoms with van der Waals surface area (Å²) in [5, 5.41) is 1.08. The Morgan fingerprint density at radius 1 is 1.43 bits per heavy atom. The first kappa shape index (κ1) is 11.3. The molecule has 42 valence electrons. The fourth-order valence-corrected chi connectivity index (χ4v) is 0.774. The van der Waals surface area contributed by atoms with Gasteiger partial charge in [0, 0.05) is 11.2 Å². The van der Waals surface area contributed by atoms with Gasteiger partial charge in [0.1, 0.15) is 0 Å². The third-order valence-corrected chi connectivity index (χ3v) is 1.35. The van der Waals surface area contributed by atoms with E-state index in [1.807, 2.05) is 0 Å². The molecule has 0 aromatic rings. The van der Waals surface area contributed by atoms with Crippen molar-refractivity contribution in [1.82, 2.24) is 0 Å². The van der Waals surface area contributed by atoms with Crippen molar-refractivity contribution >= 4 is 50.6 Å². The smallest absolute Gasteiger partial charge is 1.00 e. The first-order valence-electron chi connectivity index (χ1n) is 2.03. The maximum absolute atomic E-state index is 5.36. The first-order valence-corrected chi connectivity index (χ1v) is 3.69. The van der Waals surface area contributed by atoms with Gasteiger partial charge in [-0.25, -0.2) is 0 Å². The van der Waals surface area contributed by atoms with Crippen LogP contribution in [0.15, 0.2) is 0 Å². The van der Waals surface area contributed by atoms with E-state index in [9.17, 15) is 0 Å². The molecular formula is C4H10BrClMg. The summed E-state index contributed by atoms with van der Waals surface area (Å²) in [7, 11) is 0. The monoisotopic (exact) mass is 196 g/mol. The molecule has 0 aliphatic carbocycles. The van der Waals surface area contributed by atoms with E-state index in [0.29, 0.717) is 0 Å². The Hall–Kier alpha value is 1.54. The van der Waals surface area contributed by atoms with E-state index in [1.165, 1.54) is 6.42 Å². The number of hydrogen-bond donors (Lipinski definition) is 0. The van der Waals surface area contributed by atoms with Gasteiger partial charge in [-0.15, -0.1) is 11.6 Å². The fraction of sp³-hybridized carbons (Fsp3) is 1.00. The van der Waals surface area contributed by atoms with Crippen LogP contribution in [0.5, 0.6) is 0 Å². The molecule has 0 saturated carbocycles. The molecule has 0 aromatic heterocycles. The van der Waals surface area contributed by atoms with Gasteiger partial charge < -0.3 is 2.85 Å².